The molecule has 2 aromatic rings. The van der Waals surface area contributed by atoms with Gasteiger partial charge in [-0.3, -0.25) is 9.59 Å². The number of allylic oxidation sites excluding steroid dienone is 1. The van der Waals surface area contributed by atoms with Crippen molar-refractivity contribution in [1.29, 1.82) is 0 Å². The first-order valence-corrected chi connectivity index (χ1v) is 8.95. The summed E-state index contributed by atoms with van der Waals surface area (Å²) in [5, 5.41) is 0. The van der Waals surface area contributed by atoms with E-state index in [0.717, 1.165) is 0 Å². The summed E-state index contributed by atoms with van der Waals surface area (Å²) in [6.45, 7) is 1.92. The maximum atomic E-state index is 12.9. The Balaban J connectivity index is 2.26. The van der Waals surface area contributed by atoms with Crippen LogP contribution in [0.2, 0.25) is 0 Å². The van der Waals surface area contributed by atoms with Crippen LogP contribution in [0.3, 0.4) is 0 Å². The van der Waals surface area contributed by atoms with E-state index >= 15 is 0 Å². The molecule has 2 N–H and O–H groups in total. The number of benzene rings is 2. The molecule has 0 aromatic heterocycles. The summed E-state index contributed by atoms with van der Waals surface area (Å²) < 4.78 is 10.9. The fraction of sp³-hybridized carbons (Fsp3) is 0.227. The monoisotopic (exact) mass is 381 g/mol. The van der Waals surface area contributed by atoms with Crippen LogP contribution in [0.1, 0.15) is 34.8 Å². The van der Waals surface area contributed by atoms with Crippen molar-refractivity contribution in [1.82, 2.24) is 0 Å². The number of hydrogen-bond donors (Lipinski definition) is 1. The van der Waals surface area contributed by atoms with Gasteiger partial charge in [0.2, 0.25) is 5.91 Å². The van der Waals surface area contributed by atoms with Gasteiger partial charge in [0.05, 0.1) is 25.2 Å². The topological polar surface area (TPSA) is 95.7 Å². The molecule has 0 saturated carbocycles. The van der Waals surface area contributed by atoms with Crippen molar-refractivity contribution < 1.29 is 23.9 Å². The van der Waals surface area contributed by atoms with E-state index in [0.29, 0.717) is 28.9 Å². The van der Waals surface area contributed by atoms with Gasteiger partial charge < -0.3 is 15.2 Å². The highest BCUT2D eigenvalue weighted by molar-refractivity contribution is 6.10. The Morgan fingerprint density at radius 3 is 2.43 bits per heavy atom. The van der Waals surface area contributed by atoms with Crippen LogP contribution >= 0.6 is 0 Å². The van der Waals surface area contributed by atoms with E-state index in [-0.39, 0.29) is 25.4 Å². The molecule has 28 heavy (non-hydrogen) atoms. The van der Waals surface area contributed by atoms with Gasteiger partial charge in [-0.05, 0) is 18.6 Å². The zero-order chi connectivity index (χ0) is 20.4. The van der Waals surface area contributed by atoms with Gasteiger partial charge in [-0.2, -0.15) is 0 Å². The highest BCUT2D eigenvalue weighted by atomic mass is 16.5. The van der Waals surface area contributed by atoms with Crippen molar-refractivity contribution in [2.24, 2.45) is 5.73 Å². The van der Waals surface area contributed by atoms with Crippen molar-refractivity contribution in [2.45, 2.75) is 19.8 Å². The fourth-order valence-corrected chi connectivity index (χ4v) is 2.58. The second-order valence-corrected chi connectivity index (χ2v) is 5.97. The van der Waals surface area contributed by atoms with Gasteiger partial charge in [0.1, 0.15) is 5.75 Å². The standard InChI is InChI=1S/C22H23NO5/c1-2-7-20(25)27-14-12-17-10-6-11-18(22(17)28-15-13-19(23)24)21(26)16-8-4-3-5-9-16/h2-11H,12-15H2,1H3,(H2,23,24). The maximum absolute atomic E-state index is 12.9. The van der Waals surface area contributed by atoms with Crippen LogP contribution in [0.25, 0.3) is 0 Å². The van der Waals surface area contributed by atoms with Gasteiger partial charge >= 0.3 is 5.97 Å². The predicted molar refractivity (Wildman–Crippen MR) is 105 cm³/mol. The Morgan fingerprint density at radius 2 is 1.75 bits per heavy atom. The molecular weight excluding hydrogens is 358 g/mol. The van der Waals surface area contributed by atoms with E-state index in [1.54, 1.807) is 55.5 Å². The van der Waals surface area contributed by atoms with Crippen molar-refractivity contribution in [2.75, 3.05) is 13.2 Å². The van der Waals surface area contributed by atoms with E-state index < -0.39 is 11.9 Å². The van der Waals surface area contributed by atoms with Crippen molar-refractivity contribution in [3.05, 3.63) is 77.4 Å². The summed E-state index contributed by atoms with van der Waals surface area (Å²) in [5.41, 5.74) is 6.79. The molecule has 6 nitrogen and oxygen atoms in total. The Labute approximate surface area is 163 Å². The lowest BCUT2D eigenvalue weighted by atomic mass is 9.98. The molecule has 0 aliphatic carbocycles. The quantitative estimate of drug-likeness (QED) is 0.388. The summed E-state index contributed by atoms with van der Waals surface area (Å²) in [4.78, 5) is 35.4. The van der Waals surface area contributed by atoms with E-state index in [1.165, 1.54) is 6.08 Å². The lowest BCUT2D eigenvalue weighted by molar-refractivity contribution is -0.137. The molecule has 2 rings (SSSR count). The minimum atomic E-state index is -0.492. The zero-order valence-electron chi connectivity index (χ0n) is 15.7. The molecule has 0 aliphatic rings. The molecule has 0 unspecified atom stereocenters. The van der Waals surface area contributed by atoms with Gasteiger partial charge in [-0.25, -0.2) is 4.79 Å². The second-order valence-electron chi connectivity index (χ2n) is 5.97. The van der Waals surface area contributed by atoms with Crippen LogP contribution in [0.15, 0.2) is 60.7 Å². The van der Waals surface area contributed by atoms with Crippen molar-refractivity contribution in [3.63, 3.8) is 0 Å². The number of nitrogens with two attached hydrogens (primary N) is 1. The third-order valence-corrected chi connectivity index (χ3v) is 3.89. The summed E-state index contributed by atoms with van der Waals surface area (Å²) >= 11 is 0. The first-order valence-electron chi connectivity index (χ1n) is 8.95. The van der Waals surface area contributed by atoms with Gasteiger partial charge in [-0.1, -0.05) is 48.5 Å². The number of primary amides is 1. The van der Waals surface area contributed by atoms with Crippen LogP contribution in [0.5, 0.6) is 5.75 Å². The maximum Gasteiger partial charge on any atom is 0.330 e. The Kier molecular flexibility index (Phi) is 7.96. The minimum Gasteiger partial charge on any atom is -0.492 e. The van der Waals surface area contributed by atoms with E-state index in [9.17, 15) is 14.4 Å². The highest BCUT2D eigenvalue weighted by Crippen LogP contribution is 2.27. The van der Waals surface area contributed by atoms with Crippen molar-refractivity contribution in [3.8, 4) is 5.75 Å². The molecular formula is C22H23NO5. The molecule has 0 fully saturated rings. The van der Waals surface area contributed by atoms with Crippen LogP contribution < -0.4 is 10.5 Å². The molecule has 0 spiro atoms. The number of esters is 1. The fourth-order valence-electron chi connectivity index (χ4n) is 2.58. The summed E-state index contributed by atoms with van der Waals surface area (Å²) in [6, 6.07) is 14.1. The molecule has 146 valence electrons. The Hall–Kier alpha value is -3.41. The Bertz CT molecular complexity index is 858. The molecule has 0 atom stereocenters. The number of rotatable bonds is 10. The smallest absolute Gasteiger partial charge is 0.330 e. The van der Waals surface area contributed by atoms with Gasteiger partial charge in [0, 0.05) is 18.1 Å². The third-order valence-electron chi connectivity index (χ3n) is 3.89. The van der Waals surface area contributed by atoms with E-state index in [2.05, 4.69) is 0 Å². The molecule has 0 radical (unpaired) electrons. The van der Waals surface area contributed by atoms with Crippen LogP contribution in [0, 0.1) is 0 Å². The number of carbonyl (C=O) groups is 3. The van der Waals surface area contributed by atoms with Gasteiger partial charge in [0.25, 0.3) is 0 Å². The highest BCUT2D eigenvalue weighted by Gasteiger charge is 2.18. The molecule has 1 amide bonds. The number of amides is 1. The van der Waals surface area contributed by atoms with Crippen molar-refractivity contribution >= 4 is 17.7 Å². The molecule has 0 saturated heterocycles. The number of carbonyl (C=O) groups excluding carboxylic acids is 3. The molecule has 0 aliphatic heterocycles. The van der Waals surface area contributed by atoms with E-state index in [4.69, 9.17) is 15.2 Å². The normalized spacial score (nSPS) is 10.6. The molecule has 2 aromatic carbocycles. The van der Waals surface area contributed by atoms with Gasteiger partial charge in [-0.15, -0.1) is 0 Å². The van der Waals surface area contributed by atoms with Crippen LogP contribution in [0.4, 0.5) is 0 Å². The largest absolute Gasteiger partial charge is 0.492 e. The second kappa shape index (κ2) is 10.7. The molecule has 0 bridgehead atoms. The van der Waals surface area contributed by atoms with Crippen LogP contribution in [-0.2, 0) is 20.7 Å². The lowest BCUT2D eigenvalue weighted by Gasteiger charge is -2.15. The number of ether oxygens (including phenoxy) is 2. The van der Waals surface area contributed by atoms with Gasteiger partial charge in [0.15, 0.2) is 5.78 Å². The average molecular weight is 381 g/mol. The SMILES string of the molecule is CC=CC(=O)OCCc1cccc(C(=O)c2ccccc2)c1OCCC(N)=O. The zero-order valence-corrected chi connectivity index (χ0v) is 15.7. The van der Waals surface area contributed by atoms with Crippen LogP contribution in [-0.4, -0.2) is 30.9 Å². The molecule has 6 heteroatoms. The number of ketones is 1. The first kappa shape index (κ1) is 20.9. The first-order chi connectivity index (χ1) is 13.5. The predicted octanol–water partition coefficient (Wildman–Crippen LogP) is 2.83. The summed E-state index contributed by atoms with van der Waals surface area (Å²) in [7, 11) is 0. The number of para-hydroxylation sites is 1. The van der Waals surface area contributed by atoms with E-state index in [1.807, 2.05) is 6.07 Å². The summed E-state index contributed by atoms with van der Waals surface area (Å²) in [5.74, 6) is -0.744. The number of hydrogen-bond acceptors (Lipinski definition) is 5. The minimum absolute atomic E-state index is 0.0313. The Morgan fingerprint density at radius 1 is 1.00 bits per heavy atom. The summed E-state index contributed by atoms with van der Waals surface area (Å²) in [6.07, 6.45) is 3.33. The lowest BCUT2D eigenvalue weighted by Crippen LogP contribution is -2.16. The third kappa shape index (κ3) is 6.09. The molecule has 0 heterocycles. The average Bonchev–Trinajstić information content (AvgIpc) is 2.69.